The Morgan fingerprint density at radius 3 is 2.75 bits per heavy atom. The molecule has 2 heterocycles. The summed E-state index contributed by atoms with van der Waals surface area (Å²) in [6.45, 7) is 8.25. The van der Waals surface area contributed by atoms with Crippen molar-refractivity contribution in [2.45, 2.75) is 26.9 Å². The van der Waals surface area contributed by atoms with Gasteiger partial charge in [-0.1, -0.05) is 0 Å². The molecule has 0 radical (unpaired) electrons. The van der Waals surface area contributed by atoms with Gasteiger partial charge in [-0.2, -0.15) is 5.10 Å². The Morgan fingerprint density at radius 1 is 1.50 bits per heavy atom. The topological polar surface area (TPSA) is 41.3 Å². The van der Waals surface area contributed by atoms with Crippen LogP contribution < -0.4 is 0 Å². The van der Waals surface area contributed by atoms with E-state index in [2.05, 4.69) is 32.9 Å². The number of nitrogens with zero attached hydrogens (tertiary/aromatic N) is 3. The molecule has 2 rings (SSSR count). The quantitative estimate of drug-likeness (QED) is 0.910. The molecule has 90 valence electrons. The smallest absolute Gasteiger partial charge is 0.0739 e. The Morgan fingerprint density at radius 2 is 2.19 bits per heavy atom. The average Bonchev–Trinajstić information content (AvgIpc) is 2.49. The van der Waals surface area contributed by atoms with Gasteiger partial charge in [0.15, 0.2) is 0 Å². The Balaban J connectivity index is 2.04. The number of aliphatic hydroxyl groups is 1. The van der Waals surface area contributed by atoms with Crippen molar-refractivity contribution in [3.63, 3.8) is 0 Å². The summed E-state index contributed by atoms with van der Waals surface area (Å²) in [4.78, 5) is 2.34. The van der Waals surface area contributed by atoms with Gasteiger partial charge in [0.1, 0.15) is 0 Å². The minimum absolute atomic E-state index is 0.309. The van der Waals surface area contributed by atoms with Crippen LogP contribution in [0.4, 0.5) is 0 Å². The normalized spacial score (nSPS) is 17.8. The zero-order valence-corrected chi connectivity index (χ0v) is 11.4. The molecule has 1 aromatic rings. The first-order valence-corrected chi connectivity index (χ1v) is 6.50. The number of likely N-dealkylation sites (tertiary alicyclic amines) is 1. The highest BCUT2D eigenvalue weighted by Crippen LogP contribution is 2.25. The maximum absolute atomic E-state index is 8.98. The van der Waals surface area contributed by atoms with Gasteiger partial charge in [-0.25, -0.2) is 0 Å². The van der Waals surface area contributed by atoms with Crippen LogP contribution in [-0.2, 0) is 13.1 Å². The van der Waals surface area contributed by atoms with Crippen LogP contribution in [0.2, 0.25) is 0 Å². The predicted molar refractivity (Wildman–Crippen MR) is 66.2 cm³/mol. The van der Waals surface area contributed by atoms with Crippen molar-refractivity contribution >= 4 is 15.9 Å². The van der Waals surface area contributed by atoms with Crippen LogP contribution in [0.5, 0.6) is 0 Å². The van der Waals surface area contributed by atoms with Gasteiger partial charge < -0.3 is 5.11 Å². The second-order valence-corrected chi connectivity index (χ2v) is 5.20. The number of aryl methyl sites for hydroxylation is 2. The van der Waals surface area contributed by atoms with Crippen molar-refractivity contribution in [2.75, 3.05) is 19.7 Å². The fourth-order valence-corrected chi connectivity index (χ4v) is 2.56. The lowest BCUT2D eigenvalue weighted by Crippen LogP contribution is -2.47. The predicted octanol–water partition coefficient (Wildman–Crippen LogP) is 1.40. The molecule has 4 nitrogen and oxygen atoms in total. The molecule has 0 aliphatic carbocycles. The fourth-order valence-electron chi connectivity index (χ4n) is 2.15. The summed E-state index contributed by atoms with van der Waals surface area (Å²) >= 11 is 3.60. The molecule has 1 aliphatic rings. The third-order valence-electron chi connectivity index (χ3n) is 3.12. The van der Waals surface area contributed by atoms with Crippen LogP contribution in [-0.4, -0.2) is 39.5 Å². The zero-order valence-electron chi connectivity index (χ0n) is 9.78. The summed E-state index contributed by atoms with van der Waals surface area (Å²) in [6.07, 6.45) is 0. The van der Waals surface area contributed by atoms with Crippen molar-refractivity contribution in [2.24, 2.45) is 5.92 Å². The third kappa shape index (κ3) is 2.17. The van der Waals surface area contributed by atoms with E-state index in [1.807, 2.05) is 11.6 Å². The van der Waals surface area contributed by atoms with Crippen LogP contribution in [0.3, 0.4) is 0 Å². The molecule has 5 heteroatoms. The van der Waals surface area contributed by atoms with E-state index in [1.54, 1.807) is 0 Å². The zero-order chi connectivity index (χ0) is 11.7. The number of hydrogen-bond acceptors (Lipinski definition) is 3. The maximum atomic E-state index is 8.98. The summed E-state index contributed by atoms with van der Waals surface area (Å²) in [5.74, 6) is 0.470. The second kappa shape index (κ2) is 4.85. The minimum Gasteiger partial charge on any atom is -0.396 e. The molecule has 0 unspecified atom stereocenters. The van der Waals surface area contributed by atoms with Crippen molar-refractivity contribution in [3.8, 4) is 0 Å². The molecular weight excluding hydrogens is 270 g/mol. The molecular formula is C11H18BrN3O. The van der Waals surface area contributed by atoms with E-state index in [0.717, 1.165) is 36.3 Å². The molecule has 0 aromatic carbocycles. The SMILES string of the molecule is CCn1nc(C)c(Br)c1CN1CC(CO)C1. The van der Waals surface area contributed by atoms with Gasteiger partial charge in [0, 0.05) is 38.7 Å². The van der Waals surface area contributed by atoms with E-state index >= 15 is 0 Å². The van der Waals surface area contributed by atoms with E-state index in [1.165, 1.54) is 5.69 Å². The average molecular weight is 288 g/mol. The number of hydrogen-bond donors (Lipinski definition) is 1. The molecule has 1 fully saturated rings. The van der Waals surface area contributed by atoms with E-state index in [0.29, 0.717) is 12.5 Å². The number of aliphatic hydroxyl groups excluding tert-OH is 1. The van der Waals surface area contributed by atoms with Gasteiger partial charge in [-0.15, -0.1) is 0 Å². The number of halogens is 1. The van der Waals surface area contributed by atoms with E-state index in [-0.39, 0.29) is 0 Å². The van der Waals surface area contributed by atoms with E-state index < -0.39 is 0 Å². The lowest BCUT2D eigenvalue weighted by Gasteiger charge is -2.38. The Labute approximate surface area is 104 Å². The lowest BCUT2D eigenvalue weighted by atomic mass is 10.0. The van der Waals surface area contributed by atoms with Crippen LogP contribution in [0.1, 0.15) is 18.3 Å². The highest BCUT2D eigenvalue weighted by molar-refractivity contribution is 9.10. The van der Waals surface area contributed by atoms with Gasteiger partial charge in [-0.3, -0.25) is 9.58 Å². The standard InChI is InChI=1S/C11H18BrN3O/c1-3-15-10(11(12)8(2)13-15)6-14-4-9(5-14)7-16/h9,16H,3-7H2,1-2H3. The largest absolute Gasteiger partial charge is 0.396 e. The summed E-state index contributed by atoms with van der Waals surface area (Å²) in [5, 5.41) is 13.4. The van der Waals surface area contributed by atoms with Crippen LogP contribution in [0.25, 0.3) is 0 Å². The molecule has 1 aromatic heterocycles. The van der Waals surface area contributed by atoms with Crippen molar-refractivity contribution in [1.29, 1.82) is 0 Å². The molecule has 1 saturated heterocycles. The summed E-state index contributed by atoms with van der Waals surface area (Å²) < 4.78 is 3.17. The molecule has 0 spiro atoms. The molecule has 16 heavy (non-hydrogen) atoms. The first-order chi connectivity index (χ1) is 7.65. The van der Waals surface area contributed by atoms with Gasteiger partial charge >= 0.3 is 0 Å². The number of aromatic nitrogens is 2. The second-order valence-electron chi connectivity index (χ2n) is 4.40. The highest BCUT2D eigenvalue weighted by atomic mass is 79.9. The van der Waals surface area contributed by atoms with Crippen LogP contribution in [0, 0.1) is 12.8 Å². The first-order valence-electron chi connectivity index (χ1n) is 5.70. The summed E-state index contributed by atoms with van der Waals surface area (Å²) in [5.41, 5.74) is 2.30. The molecule has 0 atom stereocenters. The number of rotatable bonds is 4. The van der Waals surface area contributed by atoms with Crippen LogP contribution >= 0.6 is 15.9 Å². The van der Waals surface area contributed by atoms with Crippen molar-refractivity contribution in [1.82, 2.24) is 14.7 Å². The highest BCUT2D eigenvalue weighted by Gasteiger charge is 2.27. The summed E-state index contributed by atoms with van der Waals surface area (Å²) in [7, 11) is 0. The van der Waals surface area contributed by atoms with Gasteiger partial charge in [0.25, 0.3) is 0 Å². The molecule has 0 bridgehead atoms. The summed E-state index contributed by atoms with van der Waals surface area (Å²) in [6, 6.07) is 0. The van der Waals surface area contributed by atoms with Gasteiger partial charge in [-0.05, 0) is 29.8 Å². The monoisotopic (exact) mass is 287 g/mol. The van der Waals surface area contributed by atoms with Crippen LogP contribution in [0.15, 0.2) is 4.47 Å². The van der Waals surface area contributed by atoms with E-state index in [9.17, 15) is 0 Å². The molecule has 0 amide bonds. The third-order valence-corrected chi connectivity index (χ3v) is 4.15. The Kier molecular flexibility index (Phi) is 3.66. The minimum atomic E-state index is 0.309. The van der Waals surface area contributed by atoms with Crippen molar-refractivity contribution in [3.05, 3.63) is 15.9 Å². The van der Waals surface area contributed by atoms with Gasteiger partial charge in [0.05, 0.1) is 15.9 Å². The first kappa shape index (κ1) is 12.1. The Bertz CT molecular complexity index is 372. The lowest BCUT2D eigenvalue weighted by molar-refractivity contribution is 0.0458. The van der Waals surface area contributed by atoms with Crippen molar-refractivity contribution < 1.29 is 5.11 Å². The van der Waals surface area contributed by atoms with Gasteiger partial charge in [0.2, 0.25) is 0 Å². The maximum Gasteiger partial charge on any atom is 0.0739 e. The molecule has 0 saturated carbocycles. The van der Waals surface area contributed by atoms with E-state index in [4.69, 9.17) is 5.11 Å². The molecule has 1 N–H and O–H groups in total. The Hall–Kier alpha value is -0.390. The molecule has 1 aliphatic heterocycles. The fraction of sp³-hybridized carbons (Fsp3) is 0.727.